The molecule has 3 rings (SSSR count). The van der Waals surface area contributed by atoms with Crippen molar-refractivity contribution in [1.29, 1.82) is 0 Å². The smallest absolute Gasteiger partial charge is 0.410 e. The normalized spacial score (nSPS) is 24.1. The molecule has 2 saturated heterocycles. The van der Waals surface area contributed by atoms with E-state index >= 15 is 0 Å². The summed E-state index contributed by atoms with van der Waals surface area (Å²) in [5.41, 5.74) is -0.225. The summed E-state index contributed by atoms with van der Waals surface area (Å²) in [5, 5.41) is 0. The highest BCUT2D eigenvalue weighted by Gasteiger charge is 2.45. The van der Waals surface area contributed by atoms with E-state index in [1.807, 2.05) is 44.9 Å². The minimum absolute atomic E-state index is 0.177. The first kappa shape index (κ1) is 20.9. The largest absolute Gasteiger partial charge is 0.464 e. The first-order valence-electron chi connectivity index (χ1n) is 9.59. The summed E-state index contributed by atoms with van der Waals surface area (Å²) in [5.74, 6) is 0.251. The SMILES string of the molecule is COC(=O)c1nc(N(C)C2C[C@H]3CC[C@@H](C2)N3C(=O)OC(C)(C)C)ccc1Br. The number of amides is 1. The van der Waals surface area contributed by atoms with Crippen LogP contribution in [0, 0.1) is 0 Å². The van der Waals surface area contributed by atoms with Crippen LogP contribution in [0.2, 0.25) is 0 Å². The fraction of sp³-hybridized carbons (Fsp3) is 0.650. The van der Waals surface area contributed by atoms with Crippen LogP contribution in [-0.2, 0) is 9.47 Å². The predicted molar refractivity (Wildman–Crippen MR) is 110 cm³/mol. The Labute approximate surface area is 174 Å². The third kappa shape index (κ3) is 4.26. The minimum atomic E-state index is -0.490. The van der Waals surface area contributed by atoms with Crippen LogP contribution >= 0.6 is 15.9 Å². The molecule has 1 aromatic heterocycles. The van der Waals surface area contributed by atoms with E-state index in [4.69, 9.17) is 9.47 Å². The Bertz CT molecular complexity index is 750. The molecule has 3 heterocycles. The molecule has 154 valence electrons. The number of hydrogen-bond acceptors (Lipinski definition) is 6. The second-order valence-electron chi connectivity index (χ2n) is 8.50. The van der Waals surface area contributed by atoms with Crippen molar-refractivity contribution < 1.29 is 19.1 Å². The molecule has 1 amide bonds. The second kappa shape index (κ2) is 7.89. The summed E-state index contributed by atoms with van der Waals surface area (Å²) < 4.78 is 11.0. The molecule has 0 saturated carbocycles. The molecule has 0 aliphatic carbocycles. The molecule has 0 radical (unpaired) electrons. The number of aromatic nitrogens is 1. The molecular formula is C20H28BrN3O4. The molecule has 0 aromatic carbocycles. The predicted octanol–water partition coefficient (Wildman–Crippen LogP) is 4.00. The number of fused-ring (bicyclic) bond motifs is 2. The molecule has 0 spiro atoms. The molecule has 2 fully saturated rings. The fourth-order valence-electron chi connectivity index (χ4n) is 4.13. The van der Waals surface area contributed by atoms with E-state index in [1.165, 1.54) is 7.11 Å². The van der Waals surface area contributed by atoms with Crippen LogP contribution in [0.25, 0.3) is 0 Å². The van der Waals surface area contributed by atoms with E-state index in [-0.39, 0.29) is 29.9 Å². The maximum absolute atomic E-state index is 12.6. The third-order valence-electron chi connectivity index (χ3n) is 5.43. The molecule has 2 bridgehead atoms. The molecule has 28 heavy (non-hydrogen) atoms. The van der Waals surface area contributed by atoms with Crippen LogP contribution in [0.1, 0.15) is 56.9 Å². The van der Waals surface area contributed by atoms with Crippen molar-refractivity contribution in [3.8, 4) is 0 Å². The molecular weight excluding hydrogens is 426 g/mol. The summed E-state index contributed by atoms with van der Waals surface area (Å²) in [6.07, 6.45) is 3.50. The van der Waals surface area contributed by atoms with Crippen LogP contribution in [0.5, 0.6) is 0 Å². The maximum Gasteiger partial charge on any atom is 0.410 e. The average Bonchev–Trinajstić information content (AvgIpc) is 2.89. The number of carbonyl (C=O) groups excluding carboxylic acids is 2. The zero-order valence-electron chi connectivity index (χ0n) is 17.1. The molecule has 1 aromatic rings. The van der Waals surface area contributed by atoms with Crippen LogP contribution in [0.15, 0.2) is 16.6 Å². The van der Waals surface area contributed by atoms with Gasteiger partial charge in [0, 0.05) is 25.2 Å². The number of rotatable bonds is 3. The van der Waals surface area contributed by atoms with Crippen LogP contribution in [0.3, 0.4) is 0 Å². The first-order valence-corrected chi connectivity index (χ1v) is 10.4. The van der Waals surface area contributed by atoms with Gasteiger partial charge < -0.3 is 19.3 Å². The quantitative estimate of drug-likeness (QED) is 0.644. The van der Waals surface area contributed by atoms with E-state index < -0.39 is 11.6 Å². The lowest BCUT2D eigenvalue weighted by molar-refractivity contribution is 0.00594. The van der Waals surface area contributed by atoms with Gasteiger partial charge in [0.1, 0.15) is 11.4 Å². The van der Waals surface area contributed by atoms with Gasteiger partial charge in [0.25, 0.3) is 0 Å². The number of esters is 1. The van der Waals surface area contributed by atoms with Gasteiger partial charge >= 0.3 is 12.1 Å². The summed E-state index contributed by atoms with van der Waals surface area (Å²) in [6.45, 7) is 5.68. The summed E-state index contributed by atoms with van der Waals surface area (Å²) in [7, 11) is 3.33. The van der Waals surface area contributed by atoms with Crippen LogP contribution in [0.4, 0.5) is 10.6 Å². The van der Waals surface area contributed by atoms with Crippen molar-refractivity contribution in [2.75, 3.05) is 19.1 Å². The Hall–Kier alpha value is -1.83. The van der Waals surface area contributed by atoms with Crippen molar-refractivity contribution in [1.82, 2.24) is 9.88 Å². The van der Waals surface area contributed by atoms with Gasteiger partial charge in [-0.15, -0.1) is 0 Å². The fourth-order valence-corrected chi connectivity index (χ4v) is 4.52. The summed E-state index contributed by atoms with van der Waals surface area (Å²) >= 11 is 3.35. The number of carbonyl (C=O) groups is 2. The van der Waals surface area contributed by atoms with Gasteiger partial charge in [-0.3, -0.25) is 0 Å². The highest BCUT2D eigenvalue weighted by molar-refractivity contribution is 9.10. The van der Waals surface area contributed by atoms with E-state index in [2.05, 4.69) is 25.8 Å². The number of hydrogen-bond donors (Lipinski definition) is 0. The van der Waals surface area contributed by atoms with Gasteiger partial charge in [-0.2, -0.15) is 0 Å². The standard InChI is InChI=1S/C20H28BrN3O4/c1-20(2,3)28-19(26)24-12-6-7-13(24)11-14(10-12)23(4)16-9-8-15(21)17(22-16)18(25)27-5/h8-9,12-14H,6-7,10-11H2,1-5H3/t12-,13+,14?. The lowest BCUT2D eigenvalue weighted by atomic mass is 9.96. The van der Waals surface area contributed by atoms with E-state index in [0.717, 1.165) is 31.5 Å². The van der Waals surface area contributed by atoms with E-state index in [9.17, 15) is 9.59 Å². The number of pyridine rings is 1. The molecule has 8 heteroatoms. The zero-order chi connectivity index (χ0) is 20.6. The number of anilines is 1. The van der Waals surface area contributed by atoms with Gasteiger partial charge in [0.2, 0.25) is 0 Å². The zero-order valence-corrected chi connectivity index (χ0v) is 18.7. The first-order chi connectivity index (χ1) is 13.1. The minimum Gasteiger partial charge on any atom is -0.464 e. The van der Waals surface area contributed by atoms with Crippen molar-refractivity contribution in [3.05, 3.63) is 22.3 Å². The van der Waals surface area contributed by atoms with E-state index in [0.29, 0.717) is 4.47 Å². The van der Waals surface area contributed by atoms with Crippen molar-refractivity contribution >= 4 is 33.8 Å². The Morgan fingerprint density at radius 1 is 1.21 bits per heavy atom. The summed E-state index contributed by atoms with van der Waals surface area (Å²) in [4.78, 5) is 33.1. The Kier molecular flexibility index (Phi) is 5.89. The number of methoxy groups -OCH3 is 1. The van der Waals surface area contributed by atoms with Gasteiger partial charge in [-0.1, -0.05) is 0 Å². The highest BCUT2D eigenvalue weighted by Crippen LogP contribution is 2.39. The van der Waals surface area contributed by atoms with Crippen LogP contribution < -0.4 is 4.90 Å². The molecule has 3 atom stereocenters. The maximum atomic E-state index is 12.6. The van der Waals surface area contributed by atoms with Crippen molar-refractivity contribution in [2.24, 2.45) is 0 Å². The summed E-state index contributed by atoms with van der Waals surface area (Å²) in [6, 6.07) is 4.30. The molecule has 2 aliphatic heterocycles. The number of ether oxygens (including phenoxy) is 2. The Morgan fingerprint density at radius 2 is 1.82 bits per heavy atom. The third-order valence-corrected chi connectivity index (χ3v) is 6.07. The number of piperidine rings is 1. The number of nitrogens with zero attached hydrogens (tertiary/aromatic N) is 3. The van der Waals surface area contributed by atoms with Crippen molar-refractivity contribution in [3.63, 3.8) is 0 Å². The molecule has 0 N–H and O–H groups in total. The lowest BCUT2D eigenvalue weighted by Crippen LogP contribution is -2.53. The average molecular weight is 454 g/mol. The lowest BCUT2D eigenvalue weighted by Gasteiger charge is -2.42. The molecule has 7 nitrogen and oxygen atoms in total. The van der Waals surface area contributed by atoms with Gasteiger partial charge in [0.05, 0.1) is 11.6 Å². The Morgan fingerprint density at radius 3 is 2.36 bits per heavy atom. The van der Waals surface area contributed by atoms with Gasteiger partial charge in [0.15, 0.2) is 5.69 Å². The van der Waals surface area contributed by atoms with Gasteiger partial charge in [-0.25, -0.2) is 14.6 Å². The topological polar surface area (TPSA) is 72.0 Å². The second-order valence-corrected chi connectivity index (χ2v) is 9.35. The molecule has 2 aliphatic rings. The Balaban J connectivity index is 1.74. The number of halogens is 1. The monoisotopic (exact) mass is 453 g/mol. The van der Waals surface area contributed by atoms with E-state index in [1.54, 1.807) is 0 Å². The highest BCUT2D eigenvalue weighted by atomic mass is 79.9. The van der Waals surface area contributed by atoms with Crippen LogP contribution in [-0.4, -0.2) is 59.8 Å². The molecule has 1 unspecified atom stereocenters. The van der Waals surface area contributed by atoms with Gasteiger partial charge in [-0.05, 0) is 74.5 Å². The van der Waals surface area contributed by atoms with Crippen molar-refractivity contribution in [2.45, 2.75) is 70.2 Å².